The number of carboxylic acid groups (broad SMARTS) is 1. The number of carbonyl (C=O) groups is 2. The lowest BCUT2D eigenvalue weighted by Gasteiger charge is -2.23. The van der Waals surface area contributed by atoms with Gasteiger partial charge in [0.1, 0.15) is 5.60 Å². The summed E-state index contributed by atoms with van der Waals surface area (Å²) in [4.78, 5) is 22.0. The van der Waals surface area contributed by atoms with Crippen LogP contribution in [-0.2, 0) is 9.53 Å². The second-order valence-corrected chi connectivity index (χ2v) is 5.48. The molecule has 0 saturated carbocycles. The Balaban J connectivity index is 4.13. The molecule has 0 aromatic carbocycles. The first-order valence-corrected chi connectivity index (χ1v) is 5.80. The molecule has 0 saturated heterocycles. The maximum absolute atomic E-state index is 11.4. The first kappa shape index (κ1) is 15.7. The summed E-state index contributed by atoms with van der Waals surface area (Å²) in [5, 5.41) is 11.3. The highest BCUT2D eigenvalue weighted by molar-refractivity contribution is 5.68. The third kappa shape index (κ3) is 8.54. The minimum absolute atomic E-state index is 0.0491. The van der Waals surface area contributed by atoms with E-state index in [4.69, 9.17) is 9.84 Å². The van der Waals surface area contributed by atoms with E-state index < -0.39 is 17.7 Å². The highest BCUT2D eigenvalue weighted by atomic mass is 16.6. The molecule has 0 aliphatic carbocycles. The van der Waals surface area contributed by atoms with Crippen molar-refractivity contribution in [3.8, 4) is 0 Å². The van der Waals surface area contributed by atoms with Gasteiger partial charge in [-0.1, -0.05) is 13.8 Å². The van der Waals surface area contributed by atoms with Crippen LogP contribution in [0.4, 0.5) is 4.79 Å². The van der Waals surface area contributed by atoms with Gasteiger partial charge in [0.05, 0.1) is 6.42 Å². The SMILES string of the molecule is CC(C)[C@@H](CNC(=O)OC(C)(C)C)CC(=O)O. The van der Waals surface area contributed by atoms with Crippen molar-refractivity contribution < 1.29 is 19.4 Å². The fourth-order valence-electron chi connectivity index (χ4n) is 1.30. The maximum atomic E-state index is 11.4. The Bertz CT molecular complexity index is 268. The van der Waals surface area contributed by atoms with Gasteiger partial charge in [0.2, 0.25) is 0 Å². The number of aliphatic carboxylic acids is 1. The summed E-state index contributed by atoms with van der Waals surface area (Å²) in [5.41, 5.74) is -0.537. The second kappa shape index (κ2) is 6.47. The van der Waals surface area contributed by atoms with Crippen LogP contribution in [0.25, 0.3) is 0 Å². The molecule has 0 aliphatic rings. The average molecular weight is 245 g/mol. The highest BCUT2D eigenvalue weighted by Gasteiger charge is 2.20. The molecule has 0 fully saturated rings. The second-order valence-electron chi connectivity index (χ2n) is 5.48. The summed E-state index contributed by atoms with van der Waals surface area (Å²) in [5.74, 6) is -0.740. The zero-order chi connectivity index (χ0) is 13.6. The molecule has 0 aromatic heterocycles. The molecular formula is C12H23NO4. The minimum atomic E-state index is -0.852. The van der Waals surface area contributed by atoms with Crippen molar-refractivity contribution in [2.24, 2.45) is 11.8 Å². The zero-order valence-electron chi connectivity index (χ0n) is 11.2. The number of alkyl carbamates (subject to hydrolysis) is 1. The maximum Gasteiger partial charge on any atom is 0.407 e. The lowest BCUT2D eigenvalue weighted by molar-refractivity contribution is -0.138. The molecule has 5 heteroatoms. The van der Waals surface area contributed by atoms with Crippen LogP contribution in [0.5, 0.6) is 0 Å². The van der Waals surface area contributed by atoms with Crippen LogP contribution in [-0.4, -0.2) is 29.3 Å². The average Bonchev–Trinajstić information content (AvgIpc) is 2.08. The summed E-state index contributed by atoms with van der Waals surface area (Å²) in [6.45, 7) is 9.53. The van der Waals surface area contributed by atoms with Gasteiger partial charge in [0.15, 0.2) is 0 Å². The van der Waals surface area contributed by atoms with Crippen molar-refractivity contribution >= 4 is 12.1 Å². The van der Waals surface area contributed by atoms with E-state index in [0.717, 1.165) is 0 Å². The van der Waals surface area contributed by atoms with E-state index in [1.807, 2.05) is 13.8 Å². The monoisotopic (exact) mass is 245 g/mol. The summed E-state index contributed by atoms with van der Waals surface area (Å²) in [7, 11) is 0. The Hall–Kier alpha value is -1.26. The smallest absolute Gasteiger partial charge is 0.407 e. The van der Waals surface area contributed by atoms with Crippen molar-refractivity contribution in [3.05, 3.63) is 0 Å². The van der Waals surface area contributed by atoms with E-state index in [2.05, 4.69) is 5.32 Å². The number of rotatable bonds is 5. The molecule has 100 valence electrons. The Morgan fingerprint density at radius 3 is 2.18 bits per heavy atom. The van der Waals surface area contributed by atoms with Gasteiger partial charge >= 0.3 is 12.1 Å². The molecule has 0 unspecified atom stereocenters. The number of amides is 1. The van der Waals surface area contributed by atoms with Gasteiger partial charge in [0.25, 0.3) is 0 Å². The summed E-state index contributed by atoms with van der Waals surface area (Å²) in [6.07, 6.45) is -0.457. The fraction of sp³-hybridized carbons (Fsp3) is 0.833. The van der Waals surface area contributed by atoms with E-state index >= 15 is 0 Å². The quantitative estimate of drug-likeness (QED) is 0.779. The molecule has 17 heavy (non-hydrogen) atoms. The van der Waals surface area contributed by atoms with Gasteiger partial charge in [-0.2, -0.15) is 0 Å². The van der Waals surface area contributed by atoms with Crippen molar-refractivity contribution in [2.75, 3.05) is 6.54 Å². The van der Waals surface area contributed by atoms with Gasteiger partial charge in [-0.05, 0) is 32.6 Å². The van der Waals surface area contributed by atoms with E-state index in [-0.39, 0.29) is 18.3 Å². The van der Waals surface area contributed by atoms with Crippen LogP contribution < -0.4 is 5.32 Å². The fourth-order valence-corrected chi connectivity index (χ4v) is 1.30. The number of carbonyl (C=O) groups excluding carboxylic acids is 1. The van der Waals surface area contributed by atoms with Gasteiger partial charge in [0, 0.05) is 6.54 Å². The predicted octanol–water partition coefficient (Wildman–Crippen LogP) is 2.26. The molecule has 2 N–H and O–H groups in total. The number of ether oxygens (including phenoxy) is 1. The molecule has 5 nitrogen and oxygen atoms in total. The molecule has 1 amide bonds. The lowest BCUT2D eigenvalue weighted by Crippen LogP contribution is -2.37. The minimum Gasteiger partial charge on any atom is -0.481 e. The van der Waals surface area contributed by atoms with Crippen molar-refractivity contribution in [1.29, 1.82) is 0 Å². The molecule has 0 rings (SSSR count). The van der Waals surface area contributed by atoms with E-state index in [0.29, 0.717) is 6.54 Å². The Morgan fingerprint density at radius 2 is 1.82 bits per heavy atom. The van der Waals surface area contributed by atoms with Crippen LogP contribution >= 0.6 is 0 Å². The number of nitrogens with one attached hydrogen (secondary N) is 1. The molecule has 0 bridgehead atoms. The van der Waals surface area contributed by atoms with Gasteiger partial charge in [-0.3, -0.25) is 4.79 Å². The lowest BCUT2D eigenvalue weighted by atomic mass is 9.92. The van der Waals surface area contributed by atoms with Gasteiger partial charge < -0.3 is 15.2 Å². The molecule has 0 aliphatic heterocycles. The van der Waals surface area contributed by atoms with E-state index in [1.54, 1.807) is 20.8 Å². The van der Waals surface area contributed by atoms with Crippen LogP contribution in [0.15, 0.2) is 0 Å². The first-order valence-electron chi connectivity index (χ1n) is 5.80. The molecular weight excluding hydrogens is 222 g/mol. The number of hydrogen-bond donors (Lipinski definition) is 2. The standard InChI is InChI=1S/C12H23NO4/c1-8(2)9(6-10(14)15)7-13-11(16)17-12(3,4)5/h8-9H,6-7H2,1-5H3,(H,13,16)(H,14,15)/t9-/m1/s1. The predicted molar refractivity (Wildman–Crippen MR) is 64.8 cm³/mol. The van der Waals surface area contributed by atoms with Crippen molar-refractivity contribution in [1.82, 2.24) is 5.32 Å². The normalized spacial score (nSPS) is 13.3. The first-order chi connectivity index (χ1) is 7.61. The largest absolute Gasteiger partial charge is 0.481 e. The summed E-state index contributed by atoms with van der Waals surface area (Å²) in [6, 6.07) is 0. The van der Waals surface area contributed by atoms with Gasteiger partial charge in [-0.25, -0.2) is 4.79 Å². The van der Waals surface area contributed by atoms with Crippen LogP contribution in [0.1, 0.15) is 41.0 Å². The molecule has 0 radical (unpaired) electrons. The van der Waals surface area contributed by atoms with Gasteiger partial charge in [-0.15, -0.1) is 0 Å². The molecule has 0 aromatic rings. The number of carboxylic acids is 1. The topological polar surface area (TPSA) is 75.6 Å². The Morgan fingerprint density at radius 1 is 1.29 bits per heavy atom. The number of hydrogen-bond acceptors (Lipinski definition) is 3. The third-order valence-electron chi connectivity index (χ3n) is 2.29. The van der Waals surface area contributed by atoms with Crippen molar-refractivity contribution in [2.45, 2.75) is 46.6 Å². The van der Waals surface area contributed by atoms with Crippen molar-refractivity contribution in [3.63, 3.8) is 0 Å². The molecule has 1 atom stereocenters. The molecule has 0 heterocycles. The van der Waals surface area contributed by atoms with Crippen LogP contribution in [0.2, 0.25) is 0 Å². The molecule has 0 spiro atoms. The Kier molecular flexibility index (Phi) is 5.99. The summed E-state index contributed by atoms with van der Waals surface area (Å²) >= 11 is 0. The summed E-state index contributed by atoms with van der Waals surface area (Å²) < 4.78 is 5.08. The third-order valence-corrected chi connectivity index (χ3v) is 2.29. The highest BCUT2D eigenvalue weighted by Crippen LogP contribution is 2.14. The van der Waals surface area contributed by atoms with Crippen LogP contribution in [0, 0.1) is 11.8 Å². The van der Waals surface area contributed by atoms with E-state index in [9.17, 15) is 9.59 Å². The van der Waals surface area contributed by atoms with Crippen LogP contribution in [0.3, 0.4) is 0 Å². The zero-order valence-corrected chi connectivity index (χ0v) is 11.2. The van der Waals surface area contributed by atoms with E-state index in [1.165, 1.54) is 0 Å². The Labute approximate surface area is 103 Å².